The number of methoxy groups -OCH3 is 1. The molecular weight excluding hydrogens is 267 g/mol. The average Bonchev–Trinajstić information content (AvgIpc) is 2.93. The van der Waals surface area contributed by atoms with E-state index >= 15 is 0 Å². The second kappa shape index (κ2) is 6.00. The Hall–Kier alpha value is -2.64. The molecule has 0 saturated carbocycles. The van der Waals surface area contributed by atoms with Gasteiger partial charge in [-0.15, -0.1) is 0 Å². The van der Waals surface area contributed by atoms with Crippen molar-refractivity contribution in [3.63, 3.8) is 0 Å². The number of H-pyrrole nitrogens is 1. The number of anilines is 1. The van der Waals surface area contributed by atoms with Gasteiger partial charge < -0.3 is 15.0 Å². The molecule has 106 valence electrons. The van der Waals surface area contributed by atoms with Crippen molar-refractivity contribution >= 4 is 11.4 Å². The van der Waals surface area contributed by atoms with Gasteiger partial charge in [-0.25, -0.2) is 9.37 Å². The lowest BCUT2D eigenvalue weighted by molar-refractivity contribution is -0.385. The van der Waals surface area contributed by atoms with Crippen molar-refractivity contribution in [3.05, 3.63) is 46.3 Å². The zero-order chi connectivity index (χ0) is 14.5. The molecule has 2 aromatic rings. The highest BCUT2D eigenvalue weighted by atomic mass is 19.1. The van der Waals surface area contributed by atoms with Crippen LogP contribution >= 0.6 is 0 Å². The monoisotopic (exact) mass is 280 g/mol. The molecule has 20 heavy (non-hydrogen) atoms. The summed E-state index contributed by atoms with van der Waals surface area (Å²) >= 11 is 0. The van der Waals surface area contributed by atoms with Crippen molar-refractivity contribution in [1.29, 1.82) is 0 Å². The average molecular weight is 280 g/mol. The fourth-order valence-corrected chi connectivity index (χ4v) is 1.74. The summed E-state index contributed by atoms with van der Waals surface area (Å²) in [6.07, 6.45) is 3.86. The molecular formula is C12H13FN4O3. The van der Waals surface area contributed by atoms with Crippen molar-refractivity contribution in [2.24, 2.45) is 0 Å². The maximum atomic E-state index is 13.7. The van der Waals surface area contributed by atoms with E-state index in [0.29, 0.717) is 13.0 Å². The number of nitrogens with one attached hydrogen (secondary N) is 2. The van der Waals surface area contributed by atoms with E-state index in [9.17, 15) is 14.5 Å². The first-order valence-electron chi connectivity index (χ1n) is 5.85. The standard InChI is InChI=1S/C12H13FN4O3/c1-20-12-5-10(9(13)4-11(12)17(18)19)15-3-2-8-6-14-7-16-8/h4-7,15H,2-3H2,1H3,(H,14,16). The summed E-state index contributed by atoms with van der Waals surface area (Å²) in [5.74, 6) is -0.678. The van der Waals surface area contributed by atoms with Gasteiger partial charge in [0.2, 0.25) is 0 Å². The van der Waals surface area contributed by atoms with Crippen LogP contribution in [0.15, 0.2) is 24.7 Å². The number of hydrogen-bond acceptors (Lipinski definition) is 5. The fourth-order valence-electron chi connectivity index (χ4n) is 1.74. The molecule has 0 radical (unpaired) electrons. The maximum absolute atomic E-state index is 13.7. The van der Waals surface area contributed by atoms with Gasteiger partial charge in [-0.3, -0.25) is 10.1 Å². The third-order valence-corrected chi connectivity index (χ3v) is 2.73. The van der Waals surface area contributed by atoms with E-state index in [4.69, 9.17) is 4.74 Å². The van der Waals surface area contributed by atoms with Crippen molar-refractivity contribution in [1.82, 2.24) is 9.97 Å². The molecule has 0 spiro atoms. The maximum Gasteiger partial charge on any atom is 0.313 e. The second-order valence-corrected chi connectivity index (χ2v) is 4.01. The first kappa shape index (κ1) is 13.8. The zero-order valence-corrected chi connectivity index (χ0v) is 10.7. The number of aromatic nitrogens is 2. The Morgan fingerprint density at radius 1 is 1.55 bits per heavy atom. The summed E-state index contributed by atoms with van der Waals surface area (Å²) in [5, 5.41) is 13.6. The fraction of sp³-hybridized carbons (Fsp3) is 0.250. The normalized spacial score (nSPS) is 10.3. The van der Waals surface area contributed by atoms with Gasteiger partial charge in [0.05, 0.1) is 30.1 Å². The molecule has 1 aromatic carbocycles. The summed E-state index contributed by atoms with van der Waals surface area (Å²) in [5.41, 5.74) is 0.669. The van der Waals surface area contributed by atoms with Crippen LogP contribution in [0.4, 0.5) is 15.8 Å². The SMILES string of the molecule is COc1cc(NCCc2cnc[nH]2)c(F)cc1[N+](=O)[O-]. The Balaban J connectivity index is 2.09. The lowest BCUT2D eigenvalue weighted by Crippen LogP contribution is -2.07. The van der Waals surface area contributed by atoms with E-state index in [2.05, 4.69) is 15.3 Å². The van der Waals surface area contributed by atoms with Crippen LogP contribution in [0.25, 0.3) is 0 Å². The number of hydrogen-bond donors (Lipinski definition) is 2. The van der Waals surface area contributed by atoms with E-state index < -0.39 is 16.4 Å². The number of ether oxygens (including phenoxy) is 1. The summed E-state index contributed by atoms with van der Waals surface area (Å²) in [7, 11) is 1.30. The molecule has 0 amide bonds. The molecule has 2 N–H and O–H groups in total. The lowest BCUT2D eigenvalue weighted by Gasteiger charge is -2.09. The number of nitrogens with zero attached hydrogens (tertiary/aromatic N) is 2. The van der Waals surface area contributed by atoms with Crippen molar-refractivity contribution < 1.29 is 14.1 Å². The van der Waals surface area contributed by atoms with Gasteiger partial charge in [0.15, 0.2) is 11.6 Å². The Bertz CT molecular complexity index is 601. The highest BCUT2D eigenvalue weighted by Crippen LogP contribution is 2.32. The first-order chi connectivity index (χ1) is 9.61. The smallest absolute Gasteiger partial charge is 0.313 e. The topological polar surface area (TPSA) is 93.1 Å². The van der Waals surface area contributed by atoms with Crippen molar-refractivity contribution in [2.75, 3.05) is 19.0 Å². The minimum Gasteiger partial charge on any atom is -0.490 e. The zero-order valence-electron chi connectivity index (χ0n) is 10.7. The lowest BCUT2D eigenvalue weighted by atomic mass is 10.2. The van der Waals surface area contributed by atoms with Crippen LogP contribution in [0.3, 0.4) is 0 Å². The number of benzene rings is 1. The second-order valence-electron chi connectivity index (χ2n) is 4.01. The van der Waals surface area contributed by atoms with E-state index in [1.54, 1.807) is 12.5 Å². The molecule has 0 saturated heterocycles. The van der Waals surface area contributed by atoms with Crippen LogP contribution in [-0.4, -0.2) is 28.5 Å². The van der Waals surface area contributed by atoms with Crippen LogP contribution < -0.4 is 10.1 Å². The Morgan fingerprint density at radius 3 is 2.95 bits per heavy atom. The number of imidazole rings is 1. The largest absolute Gasteiger partial charge is 0.490 e. The summed E-state index contributed by atoms with van der Waals surface area (Å²) < 4.78 is 18.6. The molecule has 0 atom stereocenters. The highest BCUT2D eigenvalue weighted by molar-refractivity contribution is 5.59. The van der Waals surface area contributed by atoms with Crippen molar-refractivity contribution in [3.8, 4) is 5.75 Å². The van der Waals surface area contributed by atoms with E-state index in [1.807, 2.05) is 0 Å². The number of nitro benzene ring substituents is 1. The van der Waals surface area contributed by atoms with Crippen LogP contribution in [0.1, 0.15) is 5.69 Å². The molecule has 2 rings (SSSR count). The van der Waals surface area contributed by atoms with E-state index in [-0.39, 0.29) is 11.4 Å². The van der Waals surface area contributed by atoms with Crippen LogP contribution in [-0.2, 0) is 6.42 Å². The van der Waals surface area contributed by atoms with Crippen LogP contribution in [0.5, 0.6) is 5.75 Å². The first-order valence-corrected chi connectivity index (χ1v) is 5.85. The number of rotatable bonds is 6. The van der Waals surface area contributed by atoms with Gasteiger partial charge >= 0.3 is 5.69 Å². The van der Waals surface area contributed by atoms with Gasteiger partial charge in [0.25, 0.3) is 0 Å². The van der Waals surface area contributed by atoms with Gasteiger partial charge in [-0.05, 0) is 0 Å². The quantitative estimate of drug-likeness (QED) is 0.624. The van der Waals surface area contributed by atoms with E-state index in [1.165, 1.54) is 13.2 Å². The molecule has 0 aliphatic heterocycles. The summed E-state index contributed by atoms with van der Waals surface area (Å²) in [6.45, 7) is 0.458. The van der Waals surface area contributed by atoms with Gasteiger partial charge in [-0.2, -0.15) is 0 Å². The number of nitro groups is 1. The minimum absolute atomic E-state index is 0.0143. The summed E-state index contributed by atoms with van der Waals surface area (Å²) in [4.78, 5) is 16.9. The number of aromatic amines is 1. The van der Waals surface area contributed by atoms with E-state index in [0.717, 1.165) is 11.8 Å². The predicted octanol–water partition coefficient (Wildman–Crippen LogP) is 2.12. The highest BCUT2D eigenvalue weighted by Gasteiger charge is 2.18. The molecule has 1 aromatic heterocycles. The van der Waals surface area contributed by atoms with Gasteiger partial charge in [-0.1, -0.05) is 0 Å². The molecule has 0 bridgehead atoms. The van der Waals surface area contributed by atoms with Crippen molar-refractivity contribution in [2.45, 2.75) is 6.42 Å². The molecule has 0 unspecified atom stereocenters. The number of halogens is 1. The molecule has 0 aliphatic rings. The third kappa shape index (κ3) is 3.02. The Morgan fingerprint density at radius 2 is 2.35 bits per heavy atom. The minimum atomic E-state index is -0.692. The van der Waals surface area contributed by atoms with Gasteiger partial charge in [0.1, 0.15) is 0 Å². The molecule has 0 fully saturated rings. The third-order valence-electron chi connectivity index (χ3n) is 2.73. The van der Waals surface area contributed by atoms with Crippen LogP contribution in [0, 0.1) is 15.9 Å². The van der Waals surface area contributed by atoms with Gasteiger partial charge in [0, 0.05) is 30.9 Å². The molecule has 7 nitrogen and oxygen atoms in total. The van der Waals surface area contributed by atoms with Crippen LogP contribution in [0.2, 0.25) is 0 Å². The Kier molecular flexibility index (Phi) is 4.14. The molecule has 1 heterocycles. The summed E-state index contributed by atoms with van der Waals surface area (Å²) in [6, 6.07) is 2.12. The molecule has 8 heteroatoms. The molecule has 0 aliphatic carbocycles. The Labute approximate surface area is 113 Å². The predicted molar refractivity (Wildman–Crippen MR) is 70.4 cm³/mol.